The van der Waals surface area contributed by atoms with Crippen molar-refractivity contribution in [1.29, 1.82) is 0 Å². The molecule has 0 bridgehead atoms. The highest BCUT2D eigenvalue weighted by Gasteiger charge is 2.24. The molecule has 1 aliphatic rings. The van der Waals surface area contributed by atoms with Gasteiger partial charge in [0.05, 0.1) is 0 Å². The first-order valence-corrected chi connectivity index (χ1v) is 6.82. The number of benzene rings is 2. The van der Waals surface area contributed by atoms with Crippen molar-refractivity contribution in [3.05, 3.63) is 60.2 Å². The molecule has 3 rings (SSSR count). The standard InChI is InChI=1S/C17H16O3/c18-17(16-7-4-12-19-16)13-8-10-15(11-9-13)20-14-5-2-1-3-6-14/h1-3,5-6,8-11,16H,4,7,12H2. The summed E-state index contributed by atoms with van der Waals surface area (Å²) in [6.07, 6.45) is 1.52. The molecule has 1 saturated heterocycles. The minimum absolute atomic E-state index is 0.0637. The first-order valence-electron chi connectivity index (χ1n) is 6.82. The number of hydrogen-bond acceptors (Lipinski definition) is 3. The van der Waals surface area contributed by atoms with Crippen molar-refractivity contribution in [2.45, 2.75) is 18.9 Å². The fourth-order valence-corrected chi connectivity index (χ4v) is 2.28. The Morgan fingerprint density at radius 3 is 2.35 bits per heavy atom. The zero-order chi connectivity index (χ0) is 13.8. The summed E-state index contributed by atoms with van der Waals surface area (Å²) in [5, 5.41) is 0. The predicted molar refractivity (Wildman–Crippen MR) is 76.3 cm³/mol. The van der Waals surface area contributed by atoms with E-state index in [0.29, 0.717) is 12.2 Å². The van der Waals surface area contributed by atoms with Crippen LogP contribution >= 0.6 is 0 Å². The fraction of sp³-hybridized carbons (Fsp3) is 0.235. The van der Waals surface area contributed by atoms with E-state index in [-0.39, 0.29) is 11.9 Å². The van der Waals surface area contributed by atoms with E-state index in [2.05, 4.69) is 0 Å². The Morgan fingerprint density at radius 2 is 1.70 bits per heavy atom. The second-order valence-corrected chi connectivity index (χ2v) is 4.81. The normalized spacial score (nSPS) is 17.9. The zero-order valence-corrected chi connectivity index (χ0v) is 11.1. The lowest BCUT2D eigenvalue weighted by atomic mass is 10.0. The summed E-state index contributed by atoms with van der Waals surface area (Å²) < 4.78 is 11.1. The lowest BCUT2D eigenvalue weighted by Gasteiger charge is -2.09. The highest BCUT2D eigenvalue weighted by molar-refractivity contribution is 5.99. The average molecular weight is 268 g/mol. The van der Waals surface area contributed by atoms with Gasteiger partial charge in [0.2, 0.25) is 0 Å². The van der Waals surface area contributed by atoms with Crippen LogP contribution in [0.15, 0.2) is 54.6 Å². The van der Waals surface area contributed by atoms with Gasteiger partial charge in [-0.05, 0) is 49.2 Å². The van der Waals surface area contributed by atoms with Gasteiger partial charge < -0.3 is 9.47 Å². The number of rotatable bonds is 4. The molecule has 3 heteroatoms. The molecule has 1 heterocycles. The summed E-state index contributed by atoms with van der Waals surface area (Å²) in [4.78, 5) is 12.2. The maximum atomic E-state index is 12.2. The van der Waals surface area contributed by atoms with E-state index in [1.165, 1.54) is 0 Å². The third-order valence-corrected chi connectivity index (χ3v) is 3.34. The second kappa shape index (κ2) is 5.88. The Bertz CT molecular complexity index is 569. The molecule has 2 aromatic carbocycles. The average Bonchev–Trinajstić information content (AvgIpc) is 3.03. The number of ketones is 1. The van der Waals surface area contributed by atoms with Crippen molar-refractivity contribution in [3.63, 3.8) is 0 Å². The quantitative estimate of drug-likeness (QED) is 0.790. The SMILES string of the molecule is O=C(c1ccc(Oc2ccccc2)cc1)C1CCCO1. The first-order chi connectivity index (χ1) is 9.83. The van der Waals surface area contributed by atoms with E-state index < -0.39 is 0 Å². The van der Waals surface area contributed by atoms with Gasteiger partial charge in [0.15, 0.2) is 5.78 Å². The molecule has 2 aromatic rings. The number of carbonyl (C=O) groups is 1. The first kappa shape index (κ1) is 12.9. The topological polar surface area (TPSA) is 35.5 Å². The van der Waals surface area contributed by atoms with Gasteiger partial charge in [-0.15, -0.1) is 0 Å². The Hall–Kier alpha value is -2.13. The van der Waals surface area contributed by atoms with Crippen LogP contribution in [0.5, 0.6) is 11.5 Å². The lowest BCUT2D eigenvalue weighted by molar-refractivity contribution is 0.0643. The van der Waals surface area contributed by atoms with Crippen LogP contribution in [0.1, 0.15) is 23.2 Å². The summed E-state index contributed by atoms with van der Waals surface area (Å²) in [5.74, 6) is 1.57. The van der Waals surface area contributed by atoms with Gasteiger partial charge in [0.25, 0.3) is 0 Å². The summed E-state index contributed by atoms with van der Waals surface area (Å²) in [6, 6.07) is 16.8. The number of ether oxygens (including phenoxy) is 2. The molecular weight excluding hydrogens is 252 g/mol. The van der Waals surface area contributed by atoms with E-state index >= 15 is 0 Å². The summed E-state index contributed by atoms with van der Waals surface area (Å²) >= 11 is 0. The van der Waals surface area contributed by atoms with Crippen LogP contribution in [0, 0.1) is 0 Å². The van der Waals surface area contributed by atoms with Crippen molar-refractivity contribution in [1.82, 2.24) is 0 Å². The van der Waals surface area contributed by atoms with E-state index in [4.69, 9.17) is 9.47 Å². The molecule has 0 aromatic heterocycles. The molecule has 20 heavy (non-hydrogen) atoms. The van der Waals surface area contributed by atoms with Crippen molar-refractivity contribution in [3.8, 4) is 11.5 Å². The largest absolute Gasteiger partial charge is 0.457 e. The van der Waals surface area contributed by atoms with Crippen molar-refractivity contribution in [2.24, 2.45) is 0 Å². The van der Waals surface area contributed by atoms with E-state index in [1.54, 1.807) is 12.1 Å². The molecule has 1 atom stereocenters. The van der Waals surface area contributed by atoms with Crippen molar-refractivity contribution < 1.29 is 14.3 Å². The van der Waals surface area contributed by atoms with Crippen LogP contribution in [0.25, 0.3) is 0 Å². The molecule has 1 fully saturated rings. The fourth-order valence-electron chi connectivity index (χ4n) is 2.28. The van der Waals surface area contributed by atoms with Gasteiger partial charge in [-0.3, -0.25) is 4.79 Å². The van der Waals surface area contributed by atoms with Gasteiger partial charge in [0.1, 0.15) is 17.6 Å². The van der Waals surface area contributed by atoms with Gasteiger partial charge in [-0.1, -0.05) is 18.2 Å². The second-order valence-electron chi connectivity index (χ2n) is 4.81. The maximum Gasteiger partial charge on any atom is 0.191 e. The van der Waals surface area contributed by atoms with Crippen LogP contribution in [0.3, 0.4) is 0 Å². The third kappa shape index (κ3) is 2.89. The predicted octanol–water partition coefficient (Wildman–Crippen LogP) is 3.84. The molecule has 102 valence electrons. The Balaban J connectivity index is 1.69. The minimum atomic E-state index is -0.268. The monoisotopic (exact) mass is 268 g/mol. The summed E-state index contributed by atoms with van der Waals surface area (Å²) in [7, 11) is 0. The van der Waals surface area contributed by atoms with Crippen molar-refractivity contribution >= 4 is 5.78 Å². The molecule has 0 amide bonds. The molecule has 0 saturated carbocycles. The summed E-state index contributed by atoms with van der Waals surface area (Å²) in [6.45, 7) is 0.686. The van der Waals surface area contributed by atoms with Crippen LogP contribution in [-0.4, -0.2) is 18.5 Å². The van der Waals surface area contributed by atoms with E-state index in [9.17, 15) is 4.79 Å². The van der Waals surface area contributed by atoms with Crippen LogP contribution in [-0.2, 0) is 4.74 Å². The van der Waals surface area contributed by atoms with Crippen LogP contribution in [0.2, 0.25) is 0 Å². The minimum Gasteiger partial charge on any atom is -0.457 e. The molecule has 0 aliphatic carbocycles. The number of carbonyl (C=O) groups excluding carboxylic acids is 1. The van der Waals surface area contributed by atoms with Crippen LogP contribution < -0.4 is 4.74 Å². The van der Waals surface area contributed by atoms with Gasteiger partial charge >= 0.3 is 0 Å². The van der Waals surface area contributed by atoms with Gasteiger partial charge in [-0.25, -0.2) is 0 Å². The lowest BCUT2D eigenvalue weighted by Crippen LogP contribution is -2.19. The van der Waals surface area contributed by atoms with Crippen molar-refractivity contribution in [2.75, 3.05) is 6.61 Å². The van der Waals surface area contributed by atoms with E-state index in [1.807, 2.05) is 42.5 Å². The number of Topliss-reactive ketones (excluding diaryl/α,β-unsaturated/α-hetero) is 1. The highest BCUT2D eigenvalue weighted by Crippen LogP contribution is 2.23. The van der Waals surface area contributed by atoms with Gasteiger partial charge in [-0.2, -0.15) is 0 Å². The maximum absolute atomic E-state index is 12.2. The Kier molecular flexibility index (Phi) is 3.79. The molecule has 0 radical (unpaired) electrons. The Morgan fingerprint density at radius 1 is 1.00 bits per heavy atom. The molecule has 0 N–H and O–H groups in total. The Labute approximate surface area is 118 Å². The molecule has 1 aliphatic heterocycles. The van der Waals surface area contributed by atoms with E-state index in [0.717, 1.165) is 24.3 Å². The molecular formula is C17H16O3. The molecule has 0 spiro atoms. The smallest absolute Gasteiger partial charge is 0.191 e. The number of para-hydroxylation sites is 1. The molecule has 1 unspecified atom stereocenters. The third-order valence-electron chi connectivity index (χ3n) is 3.34. The van der Waals surface area contributed by atoms with Crippen LogP contribution in [0.4, 0.5) is 0 Å². The number of hydrogen-bond donors (Lipinski definition) is 0. The highest BCUT2D eigenvalue weighted by atomic mass is 16.5. The summed E-state index contributed by atoms with van der Waals surface area (Å²) in [5.41, 5.74) is 0.678. The zero-order valence-electron chi connectivity index (χ0n) is 11.1. The molecule has 3 nitrogen and oxygen atoms in total. The van der Waals surface area contributed by atoms with Gasteiger partial charge in [0, 0.05) is 12.2 Å².